The predicted molar refractivity (Wildman–Crippen MR) is 146 cm³/mol. The third-order valence-electron chi connectivity index (χ3n) is 6.57. The number of para-hydroxylation sites is 1. The summed E-state index contributed by atoms with van der Waals surface area (Å²) in [7, 11) is 0. The summed E-state index contributed by atoms with van der Waals surface area (Å²) in [5.41, 5.74) is 2.97. The zero-order chi connectivity index (χ0) is 25.8. The second-order valence-corrected chi connectivity index (χ2v) is 10.7. The highest BCUT2D eigenvalue weighted by atomic mass is 35.5. The van der Waals surface area contributed by atoms with Crippen molar-refractivity contribution in [2.45, 2.75) is 25.8 Å². The van der Waals surface area contributed by atoms with Crippen molar-refractivity contribution < 1.29 is 19.1 Å². The highest BCUT2D eigenvalue weighted by molar-refractivity contribution is 7.22. The van der Waals surface area contributed by atoms with Crippen LogP contribution in [0.5, 0.6) is 0 Å². The van der Waals surface area contributed by atoms with E-state index >= 15 is 0 Å². The second kappa shape index (κ2) is 8.87. The number of Topliss-reactive ketones (excluding diaryl/α,β-unsaturated/α-hetero) is 1. The maximum atomic E-state index is 13.8. The minimum atomic E-state index is -0.884. The number of carbonyl (C=O) groups excluding carboxylic acids is 2. The van der Waals surface area contributed by atoms with Crippen LogP contribution in [0, 0.1) is 0 Å². The first-order valence-electron chi connectivity index (χ1n) is 11.8. The quantitative estimate of drug-likeness (QED) is 0.237. The van der Waals surface area contributed by atoms with Gasteiger partial charge < -0.3 is 9.52 Å². The molecule has 1 atom stereocenters. The number of thiazole rings is 1. The van der Waals surface area contributed by atoms with E-state index in [1.54, 1.807) is 30.3 Å². The van der Waals surface area contributed by atoms with Crippen molar-refractivity contribution in [1.82, 2.24) is 4.98 Å². The van der Waals surface area contributed by atoms with Crippen LogP contribution in [0.1, 0.15) is 47.5 Å². The Hall–Kier alpha value is -3.94. The lowest BCUT2D eigenvalue weighted by Crippen LogP contribution is -2.31. The Morgan fingerprint density at radius 1 is 1.08 bits per heavy atom. The molecule has 3 heterocycles. The van der Waals surface area contributed by atoms with Gasteiger partial charge in [-0.15, -0.1) is 0 Å². The average molecular weight is 529 g/mol. The fourth-order valence-corrected chi connectivity index (χ4v) is 5.90. The molecule has 0 spiro atoms. The number of halogens is 1. The first-order chi connectivity index (χ1) is 17.8. The molecule has 0 saturated heterocycles. The predicted octanol–water partition coefficient (Wildman–Crippen LogP) is 7.60. The monoisotopic (exact) mass is 528 g/mol. The molecule has 0 aliphatic carbocycles. The number of aliphatic hydroxyl groups is 1. The van der Waals surface area contributed by atoms with E-state index in [9.17, 15) is 14.7 Å². The van der Waals surface area contributed by atoms with Gasteiger partial charge in [0.05, 0.1) is 21.8 Å². The summed E-state index contributed by atoms with van der Waals surface area (Å²) in [5, 5.41) is 12.7. The summed E-state index contributed by atoms with van der Waals surface area (Å²) in [4.78, 5) is 33.3. The van der Waals surface area contributed by atoms with E-state index in [0.29, 0.717) is 32.7 Å². The van der Waals surface area contributed by atoms with Crippen LogP contribution in [-0.4, -0.2) is 21.8 Å². The van der Waals surface area contributed by atoms with E-state index in [1.165, 1.54) is 16.2 Å². The maximum absolute atomic E-state index is 13.8. The van der Waals surface area contributed by atoms with Crippen LogP contribution in [0.2, 0.25) is 5.02 Å². The number of amides is 1. The van der Waals surface area contributed by atoms with Crippen molar-refractivity contribution in [1.29, 1.82) is 0 Å². The molecule has 8 heteroatoms. The summed E-state index contributed by atoms with van der Waals surface area (Å²) in [6.45, 7) is 4.18. The highest BCUT2D eigenvalue weighted by Crippen LogP contribution is 2.45. The minimum absolute atomic E-state index is 0.0429. The molecule has 5 aromatic rings. The normalized spacial score (nSPS) is 16.1. The molecule has 2 aromatic heterocycles. The standard InChI is InChI=1S/C29H21ClN2O4S/c1-15(2)16-7-9-17(10-8-16)25-24(26(33)22-13-18-5-3-4-6-21(18)36-22)27(34)28(35)32(25)29-31-20-12-11-19(30)14-23(20)37-29/h3-15,25,34H,1-2H3. The van der Waals surface area contributed by atoms with E-state index in [2.05, 4.69) is 18.8 Å². The Morgan fingerprint density at radius 2 is 1.84 bits per heavy atom. The smallest absolute Gasteiger partial charge is 0.296 e. The molecule has 0 fully saturated rings. The molecule has 0 radical (unpaired) electrons. The Kier molecular flexibility index (Phi) is 5.62. The molecule has 184 valence electrons. The molecule has 0 bridgehead atoms. The number of aliphatic hydroxyl groups excluding tert-OH is 1. The molecule has 1 aliphatic rings. The number of hydrogen-bond donors (Lipinski definition) is 1. The molecule has 3 aromatic carbocycles. The van der Waals surface area contributed by atoms with Gasteiger partial charge in [0.25, 0.3) is 5.91 Å². The number of carbonyl (C=O) groups is 2. The minimum Gasteiger partial charge on any atom is -0.503 e. The maximum Gasteiger partial charge on any atom is 0.296 e. The SMILES string of the molecule is CC(C)c1ccc(C2C(C(=O)c3cc4ccccc4o3)=C(O)C(=O)N2c2nc3ccc(Cl)cc3s2)cc1. The number of ketones is 1. The van der Waals surface area contributed by atoms with Gasteiger partial charge in [-0.1, -0.05) is 79.2 Å². The number of nitrogens with zero attached hydrogens (tertiary/aromatic N) is 2. The Morgan fingerprint density at radius 3 is 2.57 bits per heavy atom. The third kappa shape index (κ3) is 3.91. The van der Waals surface area contributed by atoms with Crippen LogP contribution in [0.25, 0.3) is 21.2 Å². The van der Waals surface area contributed by atoms with Gasteiger partial charge in [0, 0.05) is 10.4 Å². The van der Waals surface area contributed by atoms with Crippen LogP contribution in [0.4, 0.5) is 5.13 Å². The lowest BCUT2D eigenvalue weighted by atomic mass is 9.93. The van der Waals surface area contributed by atoms with Crippen molar-refractivity contribution in [3.63, 3.8) is 0 Å². The highest BCUT2D eigenvalue weighted by Gasteiger charge is 2.46. The summed E-state index contributed by atoms with van der Waals surface area (Å²) < 4.78 is 6.60. The number of anilines is 1. The third-order valence-corrected chi connectivity index (χ3v) is 7.82. The second-order valence-electron chi connectivity index (χ2n) is 9.25. The van der Waals surface area contributed by atoms with E-state index in [1.807, 2.05) is 42.5 Å². The van der Waals surface area contributed by atoms with Crippen molar-refractivity contribution in [3.8, 4) is 0 Å². The van der Waals surface area contributed by atoms with Crippen LogP contribution in [-0.2, 0) is 4.79 Å². The van der Waals surface area contributed by atoms with Gasteiger partial charge in [-0.2, -0.15) is 0 Å². The van der Waals surface area contributed by atoms with Crippen LogP contribution >= 0.6 is 22.9 Å². The van der Waals surface area contributed by atoms with Crippen LogP contribution < -0.4 is 4.90 Å². The number of aromatic nitrogens is 1. The Balaban J connectivity index is 1.50. The van der Waals surface area contributed by atoms with Crippen LogP contribution in [0.3, 0.4) is 0 Å². The van der Waals surface area contributed by atoms with E-state index in [4.69, 9.17) is 16.0 Å². The van der Waals surface area contributed by atoms with Crippen molar-refractivity contribution in [2.75, 3.05) is 4.90 Å². The fourth-order valence-electron chi connectivity index (χ4n) is 4.63. The molecule has 1 aliphatic heterocycles. The average Bonchev–Trinajstić information content (AvgIpc) is 3.57. The van der Waals surface area contributed by atoms with Gasteiger partial charge in [-0.05, 0) is 47.4 Å². The number of rotatable bonds is 5. The fraction of sp³-hybridized carbons (Fsp3) is 0.138. The molecular weight excluding hydrogens is 508 g/mol. The summed E-state index contributed by atoms with van der Waals surface area (Å²) in [6.07, 6.45) is 0. The van der Waals surface area contributed by atoms with Gasteiger partial charge in [0.1, 0.15) is 5.58 Å². The topological polar surface area (TPSA) is 83.6 Å². The summed E-state index contributed by atoms with van der Waals surface area (Å²) >= 11 is 7.44. The number of fused-ring (bicyclic) bond motifs is 2. The first kappa shape index (κ1) is 23.5. The number of benzene rings is 3. The van der Waals surface area contributed by atoms with Gasteiger partial charge >= 0.3 is 0 Å². The number of hydrogen-bond acceptors (Lipinski definition) is 6. The molecule has 6 rings (SSSR count). The van der Waals surface area contributed by atoms with Crippen molar-refractivity contribution in [3.05, 3.63) is 106 Å². The van der Waals surface area contributed by atoms with E-state index in [0.717, 1.165) is 15.6 Å². The van der Waals surface area contributed by atoms with Crippen molar-refractivity contribution in [2.24, 2.45) is 0 Å². The molecule has 0 saturated carbocycles. The zero-order valence-electron chi connectivity index (χ0n) is 19.9. The lowest BCUT2D eigenvalue weighted by Gasteiger charge is -2.24. The summed E-state index contributed by atoms with van der Waals surface area (Å²) in [5.74, 6) is -1.49. The van der Waals surface area contributed by atoms with Gasteiger partial charge in [-0.3, -0.25) is 14.5 Å². The summed E-state index contributed by atoms with van der Waals surface area (Å²) in [6, 6.07) is 21.0. The first-order valence-corrected chi connectivity index (χ1v) is 13.0. The van der Waals surface area contributed by atoms with Crippen molar-refractivity contribution >= 4 is 60.9 Å². The Labute approximate surface area is 221 Å². The number of furan rings is 1. The molecule has 6 nitrogen and oxygen atoms in total. The zero-order valence-corrected chi connectivity index (χ0v) is 21.5. The molecule has 1 unspecified atom stereocenters. The Bertz CT molecular complexity index is 1700. The van der Waals surface area contributed by atoms with Gasteiger partial charge in [0.2, 0.25) is 5.78 Å². The van der Waals surface area contributed by atoms with E-state index < -0.39 is 23.5 Å². The molecular formula is C29H21ClN2O4S. The molecule has 1 amide bonds. The lowest BCUT2D eigenvalue weighted by molar-refractivity contribution is -0.117. The van der Waals surface area contributed by atoms with Gasteiger partial charge in [0.15, 0.2) is 16.7 Å². The molecule has 1 N–H and O–H groups in total. The van der Waals surface area contributed by atoms with Crippen LogP contribution in [0.15, 0.2) is 88.5 Å². The van der Waals surface area contributed by atoms with Gasteiger partial charge in [-0.25, -0.2) is 4.98 Å². The molecule has 37 heavy (non-hydrogen) atoms. The largest absolute Gasteiger partial charge is 0.503 e. The van der Waals surface area contributed by atoms with E-state index in [-0.39, 0.29) is 11.3 Å².